The van der Waals surface area contributed by atoms with E-state index in [1.165, 1.54) is 12.1 Å². The molecule has 1 aromatic rings. The van der Waals surface area contributed by atoms with Gasteiger partial charge in [0, 0.05) is 44.8 Å². The molecule has 0 amide bonds. The first kappa shape index (κ1) is 12.5. The van der Waals surface area contributed by atoms with Crippen LogP contribution in [0.25, 0.3) is 0 Å². The van der Waals surface area contributed by atoms with E-state index in [4.69, 9.17) is 0 Å². The molecule has 0 saturated heterocycles. The molecular formula is C10H8NO3Y-. The van der Waals surface area contributed by atoms with Gasteiger partial charge >= 0.3 is 0 Å². The van der Waals surface area contributed by atoms with E-state index in [9.17, 15) is 14.9 Å². The molecule has 1 fully saturated rings. The Morgan fingerprint density at radius 1 is 1.33 bits per heavy atom. The maximum absolute atomic E-state index is 10.4. The first-order valence-corrected chi connectivity index (χ1v) is 4.34. The fourth-order valence-electron chi connectivity index (χ4n) is 1.54. The third kappa shape index (κ3) is 2.70. The van der Waals surface area contributed by atoms with Crippen molar-refractivity contribution < 1.29 is 42.4 Å². The van der Waals surface area contributed by atoms with Crippen molar-refractivity contribution in [2.75, 3.05) is 0 Å². The van der Waals surface area contributed by atoms with Crippen molar-refractivity contribution in [3.8, 4) is 0 Å². The van der Waals surface area contributed by atoms with E-state index < -0.39 is 4.92 Å². The van der Waals surface area contributed by atoms with Crippen LogP contribution in [0.2, 0.25) is 0 Å². The molecule has 0 spiro atoms. The Hall–Kier alpha value is -0.606. The van der Waals surface area contributed by atoms with Crippen LogP contribution in [0.1, 0.15) is 17.9 Å². The first-order valence-electron chi connectivity index (χ1n) is 4.34. The van der Waals surface area contributed by atoms with E-state index >= 15 is 0 Å². The van der Waals surface area contributed by atoms with E-state index in [0.29, 0.717) is 0 Å². The van der Waals surface area contributed by atoms with Gasteiger partial charge in [-0.05, 0) is 11.5 Å². The average molecular weight is 279 g/mol. The largest absolute Gasteiger partial charge is 0.541 e. The zero-order chi connectivity index (χ0) is 10.1. The van der Waals surface area contributed by atoms with Crippen molar-refractivity contribution in [3.63, 3.8) is 0 Å². The second-order valence-corrected chi connectivity index (χ2v) is 3.42. The number of hydrogen-bond acceptors (Lipinski definition) is 3. The van der Waals surface area contributed by atoms with Gasteiger partial charge < -0.3 is 4.79 Å². The van der Waals surface area contributed by atoms with Gasteiger partial charge in [0.05, 0.1) is 4.92 Å². The third-order valence-electron chi connectivity index (χ3n) is 2.47. The van der Waals surface area contributed by atoms with Crippen LogP contribution in [0.3, 0.4) is 0 Å². The molecule has 1 aromatic carbocycles. The van der Waals surface area contributed by atoms with E-state index in [1.54, 1.807) is 12.1 Å². The molecule has 2 rings (SSSR count). The van der Waals surface area contributed by atoms with Crippen LogP contribution >= 0.6 is 0 Å². The minimum atomic E-state index is -0.431. The van der Waals surface area contributed by atoms with Gasteiger partial charge in [-0.1, -0.05) is 18.6 Å². The first-order chi connectivity index (χ1) is 6.72. The summed E-state index contributed by atoms with van der Waals surface area (Å²) in [6.45, 7) is 0. The topological polar surface area (TPSA) is 60.2 Å². The Kier molecular flexibility index (Phi) is 4.11. The van der Waals surface area contributed by atoms with Crippen LogP contribution in [0.4, 0.5) is 5.69 Å². The van der Waals surface area contributed by atoms with Crippen LogP contribution < -0.4 is 0 Å². The maximum atomic E-state index is 10.4. The van der Waals surface area contributed by atoms with Gasteiger partial charge in [-0.25, -0.2) is 0 Å². The van der Waals surface area contributed by atoms with Crippen molar-refractivity contribution in [2.45, 2.75) is 12.3 Å². The Bertz CT molecular complexity index is 377. The van der Waals surface area contributed by atoms with E-state index in [2.05, 4.69) is 0 Å². The molecule has 0 aliphatic heterocycles. The molecule has 5 heteroatoms. The van der Waals surface area contributed by atoms with Gasteiger partial charge in [0.25, 0.3) is 5.69 Å². The summed E-state index contributed by atoms with van der Waals surface area (Å²) >= 11 is 0. The minimum Gasteiger partial charge on any atom is -0.541 e. The predicted octanol–water partition coefficient (Wildman–Crippen LogP) is 1.81. The molecule has 75 valence electrons. The minimum absolute atomic E-state index is 0. The molecule has 2 atom stereocenters. The Labute approximate surface area is 112 Å². The third-order valence-corrected chi connectivity index (χ3v) is 2.47. The van der Waals surface area contributed by atoms with Crippen molar-refractivity contribution in [2.24, 2.45) is 5.92 Å². The van der Waals surface area contributed by atoms with E-state index in [-0.39, 0.29) is 50.2 Å². The number of nitrogens with zero attached hydrogens (tertiary/aromatic N) is 1. The summed E-state index contributed by atoms with van der Waals surface area (Å²) in [6, 6.07) is 6.35. The SMILES string of the molecule is O=[C-]C1CC1c1ccc([N+](=O)[O-])cc1.[Y]. The summed E-state index contributed by atoms with van der Waals surface area (Å²) in [5.41, 5.74) is 1.07. The van der Waals surface area contributed by atoms with Crippen LogP contribution in [0, 0.1) is 16.0 Å². The molecule has 1 saturated carbocycles. The summed E-state index contributed by atoms with van der Waals surface area (Å²) in [5, 5.41) is 10.4. The Morgan fingerprint density at radius 2 is 1.93 bits per heavy atom. The van der Waals surface area contributed by atoms with Gasteiger partial charge in [0.2, 0.25) is 0 Å². The summed E-state index contributed by atoms with van der Waals surface area (Å²) in [7, 11) is 0. The van der Waals surface area contributed by atoms with Gasteiger partial charge in [-0.3, -0.25) is 16.4 Å². The Balaban J connectivity index is 0.00000112. The normalized spacial score (nSPS) is 22.7. The van der Waals surface area contributed by atoms with Gasteiger partial charge in [-0.15, -0.1) is 5.92 Å². The second kappa shape index (κ2) is 4.95. The molecule has 0 aromatic heterocycles. The van der Waals surface area contributed by atoms with Gasteiger partial charge in [-0.2, -0.15) is 0 Å². The molecule has 1 aliphatic rings. The molecule has 15 heavy (non-hydrogen) atoms. The van der Waals surface area contributed by atoms with Crippen LogP contribution in [-0.2, 0) is 37.5 Å². The van der Waals surface area contributed by atoms with Crippen LogP contribution in [0.15, 0.2) is 24.3 Å². The standard InChI is InChI=1S/C10H8NO3.Y/c12-6-8-5-10(8)7-1-3-9(4-2-7)11(13)14;/h1-4,8,10H,5H2;/q-1;. The zero-order valence-electron chi connectivity index (χ0n) is 7.92. The summed E-state index contributed by atoms with van der Waals surface area (Å²) in [4.78, 5) is 20.2. The second-order valence-electron chi connectivity index (χ2n) is 3.42. The van der Waals surface area contributed by atoms with Crippen molar-refractivity contribution in [1.82, 2.24) is 0 Å². The van der Waals surface area contributed by atoms with Crippen LogP contribution in [0.5, 0.6) is 0 Å². The van der Waals surface area contributed by atoms with E-state index in [0.717, 1.165) is 12.0 Å². The molecule has 4 nitrogen and oxygen atoms in total. The molecule has 0 N–H and O–H groups in total. The van der Waals surface area contributed by atoms with Gasteiger partial charge in [0.15, 0.2) is 0 Å². The molecule has 1 radical (unpaired) electrons. The quantitative estimate of drug-likeness (QED) is 0.481. The summed E-state index contributed by atoms with van der Waals surface area (Å²) in [6.07, 6.45) is 2.76. The number of rotatable bonds is 3. The molecule has 1 aliphatic carbocycles. The number of hydrogen-bond donors (Lipinski definition) is 0. The Morgan fingerprint density at radius 3 is 2.33 bits per heavy atom. The number of non-ortho nitro benzene ring substituents is 1. The average Bonchev–Trinajstić information content (AvgIpc) is 2.97. The fourth-order valence-corrected chi connectivity index (χ4v) is 1.54. The fraction of sp³-hybridized carbons (Fsp3) is 0.300. The number of carbonyl (C=O) groups excluding carboxylic acids is 1. The number of nitro groups is 1. The molecule has 0 heterocycles. The molecule has 2 unspecified atom stereocenters. The summed E-state index contributed by atoms with van der Waals surface area (Å²) < 4.78 is 0. The monoisotopic (exact) mass is 279 g/mol. The molecular weight excluding hydrogens is 271 g/mol. The number of benzene rings is 1. The maximum Gasteiger partial charge on any atom is 0.269 e. The molecule has 0 bridgehead atoms. The van der Waals surface area contributed by atoms with Crippen LogP contribution in [-0.4, -0.2) is 11.2 Å². The smallest absolute Gasteiger partial charge is 0.269 e. The van der Waals surface area contributed by atoms with Gasteiger partial charge in [0.1, 0.15) is 0 Å². The van der Waals surface area contributed by atoms with Crippen molar-refractivity contribution in [3.05, 3.63) is 39.9 Å². The van der Waals surface area contributed by atoms with E-state index in [1.807, 2.05) is 6.29 Å². The van der Waals surface area contributed by atoms with Crippen molar-refractivity contribution in [1.29, 1.82) is 0 Å². The van der Waals surface area contributed by atoms with Crippen molar-refractivity contribution >= 4 is 12.0 Å². The predicted molar refractivity (Wildman–Crippen MR) is 49.6 cm³/mol. The number of nitro benzene ring substituents is 1. The summed E-state index contributed by atoms with van der Waals surface area (Å²) in [5.74, 6) is 0.227. The zero-order valence-corrected chi connectivity index (χ0v) is 10.8.